The summed E-state index contributed by atoms with van der Waals surface area (Å²) < 4.78 is 34.3. The predicted octanol–water partition coefficient (Wildman–Crippen LogP) is 3.13. The van der Waals surface area contributed by atoms with Crippen LogP contribution in [0.25, 0.3) is 11.0 Å². The predicted molar refractivity (Wildman–Crippen MR) is 74.4 cm³/mol. The lowest BCUT2D eigenvalue weighted by Gasteiger charge is -2.24. The maximum atomic E-state index is 13.8. The fourth-order valence-electron chi connectivity index (χ4n) is 2.29. The highest BCUT2D eigenvalue weighted by atomic mass is 19.1. The Labute approximate surface area is 116 Å². The minimum atomic E-state index is -0.704. The van der Waals surface area contributed by atoms with Gasteiger partial charge < -0.3 is 15.0 Å². The molecule has 110 valence electrons. The van der Waals surface area contributed by atoms with Gasteiger partial charge in [0.1, 0.15) is 11.3 Å². The first-order valence-corrected chi connectivity index (χ1v) is 6.65. The van der Waals surface area contributed by atoms with Gasteiger partial charge in [-0.3, -0.25) is 0 Å². The fraction of sp³-hybridized carbons (Fsp3) is 0.500. The number of fused-ring (bicyclic) bond motifs is 1. The van der Waals surface area contributed by atoms with E-state index in [1.807, 2.05) is 20.8 Å². The van der Waals surface area contributed by atoms with Crippen molar-refractivity contribution in [1.82, 2.24) is 9.55 Å². The molecule has 1 heterocycles. The summed E-state index contributed by atoms with van der Waals surface area (Å²) >= 11 is 0. The van der Waals surface area contributed by atoms with E-state index in [1.54, 1.807) is 4.57 Å². The van der Waals surface area contributed by atoms with Crippen molar-refractivity contribution < 1.29 is 13.5 Å². The average molecular weight is 283 g/mol. The number of nitrogens with two attached hydrogens (primary N) is 1. The van der Waals surface area contributed by atoms with Gasteiger partial charge in [-0.1, -0.05) is 13.8 Å². The van der Waals surface area contributed by atoms with E-state index in [0.29, 0.717) is 18.7 Å². The van der Waals surface area contributed by atoms with Crippen LogP contribution in [0, 0.1) is 17.6 Å². The summed E-state index contributed by atoms with van der Waals surface area (Å²) in [5.74, 6) is -0.991. The maximum Gasteiger partial charge on any atom is 0.201 e. The Kier molecular flexibility index (Phi) is 4.23. The van der Waals surface area contributed by atoms with E-state index in [1.165, 1.54) is 6.07 Å². The molecule has 0 aliphatic carbocycles. The molecule has 1 atom stereocenters. The zero-order chi connectivity index (χ0) is 14.9. The highest BCUT2D eigenvalue weighted by Crippen LogP contribution is 2.29. The van der Waals surface area contributed by atoms with Gasteiger partial charge in [-0.2, -0.15) is 0 Å². The summed E-state index contributed by atoms with van der Waals surface area (Å²) in [5.41, 5.74) is 6.34. The van der Waals surface area contributed by atoms with Crippen LogP contribution in [-0.4, -0.2) is 22.8 Å². The monoisotopic (exact) mass is 283 g/mol. The van der Waals surface area contributed by atoms with Crippen LogP contribution in [0.4, 0.5) is 14.7 Å². The van der Waals surface area contributed by atoms with Crippen LogP contribution in [0.15, 0.2) is 12.1 Å². The summed E-state index contributed by atoms with van der Waals surface area (Å²) in [6.07, 6.45) is 0. The topological polar surface area (TPSA) is 53.1 Å². The smallest absolute Gasteiger partial charge is 0.201 e. The van der Waals surface area contributed by atoms with Crippen molar-refractivity contribution in [1.29, 1.82) is 0 Å². The molecule has 0 saturated carbocycles. The van der Waals surface area contributed by atoms with Gasteiger partial charge in [0.25, 0.3) is 0 Å². The first-order valence-electron chi connectivity index (χ1n) is 6.65. The summed E-state index contributed by atoms with van der Waals surface area (Å²) in [4.78, 5) is 4.01. The number of aromatic nitrogens is 2. The minimum Gasteiger partial charge on any atom is -0.380 e. The second-order valence-electron chi connectivity index (χ2n) is 5.07. The van der Waals surface area contributed by atoms with E-state index < -0.39 is 11.6 Å². The molecule has 4 nitrogen and oxygen atoms in total. The maximum absolute atomic E-state index is 13.8. The molecule has 20 heavy (non-hydrogen) atoms. The molecule has 1 aromatic heterocycles. The summed E-state index contributed by atoms with van der Waals surface area (Å²) in [7, 11) is 0. The van der Waals surface area contributed by atoms with E-state index in [9.17, 15) is 8.78 Å². The number of imidazole rings is 1. The third-order valence-electron chi connectivity index (χ3n) is 3.33. The SMILES string of the molecule is CCOCC(C(C)C)n1c(N)nc2c(F)cc(F)cc21. The molecule has 0 amide bonds. The largest absolute Gasteiger partial charge is 0.380 e. The molecular formula is C14H19F2N3O. The van der Waals surface area contributed by atoms with Gasteiger partial charge in [0.05, 0.1) is 18.2 Å². The van der Waals surface area contributed by atoms with Crippen LogP contribution in [-0.2, 0) is 4.74 Å². The molecule has 0 spiro atoms. The number of hydrogen-bond donors (Lipinski definition) is 1. The minimum absolute atomic E-state index is 0.0889. The first kappa shape index (κ1) is 14.7. The van der Waals surface area contributed by atoms with Gasteiger partial charge in [0.15, 0.2) is 5.82 Å². The highest BCUT2D eigenvalue weighted by Gasteiger charge is 2.23. The van der Waals surface area contributed by atoms with Crippen LogP contribution in [0.1, 0.15) is 26.8 Å². The molecule has 0 aliphatic rings. The Balaban J connectivity index is 2.59. The Morgan fingerprint density at radius 1 is 1.35 bits per heavy atom. The Morgan fingerprint density at radius 3 is 2.65 bits per heavy atom. The van der Waals surface area contributed by atoms with Gasteiger partial charge in [-0.05, 0) is 12.8 Å². The second-order valence-corrected chi connectivity index (χ2v) is 5.07. The average Bonchev–Trinajstić information content (AvgIpc) is 2.67. The van der Waals surface area contributed by atoms with Crippen LogP contribution in [0.2, 0.25) is 0 Å². The van der Waals surface area contributed by atoms with Crippen molar-refractivity contribution in [2.45, 2.75) is 26.8 Å². The van der Waals surface area contributed by atoms with Crippen molar-refractivity contribution in [2.75, 3.05) is 18.9 Å². The van der Waals surface area contributed by atoms with E-state index in [0.717, 1.165) is 6.07 Å². The molecule has 0 saturated heterocycles. The van der Waals surface area contributed by atoms with Gasteiger partial charge in [0, 0.05) is 18.7 Å². The second kappa shape index (κ2) is 5.75. The first-order chi connectivity index (χ1) is 9.45. The van der Waals surface area contributed by atoms with Crippen molar-refractivity contribution in [3.8, 4) is 0 Å². The molecule has 1 unspecified atom stereocenters. The van der Waals surface area contributed by atoms with Crippen molar-refractivity contribution >= 4 is 17.0 Å². The molecule has 1 aromatic carbocycles. The number of anilines is 1. The summed E-state index contributed by atoms with van der Waals surface area (Å²) in [6, 6.07) is 1.94. The molecule has 6 heteroatoms. The molecule has 0 bridgehead atoms. The molecule has 0 radical (unpaired) electrons. The lowest BCUT2D eigenvalue weighted by atomic mass is 10.0. The van der Waals surface area contributed by atoms with Gasteiger partial charge in [-0.25, -0.2) is 13.8 Å². The number of ether oxygens (including phenoxy) is 1. The fourth-order valence-corrected chi connectivity index (χ4v) is 2.29. The van der Waals surface area contributed by atoms with E-state index in [2.05, 4.69) is 4.98 Å². The standard InChI is InChI=1S/C14H19F2N3O/c1-4-20-7-12(8(2)3)19-11-6-9(15)5-10(16)13(11)18-14(19)17/h5-6,8,12H,4,7H2,1-3H3,(H2,17,18). The van der Waals surface area contributed by atoms with E-state index >= 15 is 0 Å². The molecule has 0 fully saturated rings. The molecule has 2 N–H and O–H groups in total. The normalized spacial score (nSPS) is 13.3. The summed E-state index contributed by atoms with van der Waals surface area (Å²) in [5, 5.41) is 0. The van der Waals surface area contributed by atoms with Crippen LogP contribution in [0.3, 0.4) is 0 Å². The number of halogens is 2. The zero-order valence-corrected chi connectivity index (χ0v) is 11.9. The molecule has 2 rings (SSSR count). The number of nitrogens with zero attached hydrogens (tertiary/aromatic N) is 2. The number of rotatable bonds is 5. The third-order valence-corrected chi connectivity index (χ3v) is 3.33. The number of nitrogen functional groups attached to an aromatic ring is 1. The zero-order valence-electron chi connectivity index (χ0n) is 11.9. The van der Waals surface area contributed by atoms with Crippen LogP contribution < -0.4 is 5.73 Å². The third kappa shape index (κ3) is 2.60. The number of hydrogen-bond acceptors (Lipinski definition) is 3. The summed E-state index contributed by atoms with van der Waals surface area (Å²) in [6.45, 7) is 6.89. The lowest BCUT2D eigenvalue weighted by molar-refractivity contribution is 0.0987. The quantitative estimate of drug-likeness (QED) is 0.917. The molecular weight excluding hydrogens is 264 g/mol. The van der Waals surface area contributed by atoms with Gasteiger partial charge >= 0.3 is 0 Å². The van der Waals surface area contributed by atoms with Gasteiger partial charge in [-0.15, -0.1) is 0 Å². The Hall–Kier alpha value is -1.69. The number of benzene rings is 1. The Bertz CT molecular complexity index is 610. The van der Waals surface area contributed by atoms with E-state index in [-0.39, 0.29) is 23.4 Å². The molecule has 2 aromatic rings. The van der Waals surface area contributed by atoms with Crippen LogP contribution >= 0.6 is 0 Å². The molecule has 0 aliphatic heterocycles. The van der Waals surface area contributed by atoms with Crippen molar-refractivity contribution in [3.63, 3.8) is 0 Å². The Morgan fingerprint density at radius 2 is 2.05 bits per heavy atom. The highest BCUT2D eigenvalue weighted by molar-refractivity contribution is 5.79. The van der Waals surface area contributed by atoms with Crippen molar-refractivity contribution in [2.24, 2.45) is 5.92 Å². The lowest BCUT2D eigenvalue weighted by Crippen LogP contribution is -2.22. The van der Waals surface area contributed by atoms with Crippen molar-refractivity contribution in [3.05, 3.63) is 23.8 Å². The van der Waals surface area contributed by atoms with E-state index in [4.69, 9.17) is 10.5 Å². The van der Waals surface area contributed by atoms with Gasteiger partial charge in [0.2, 0.25) is 5.95 Å². The van der Waals surface area contributed by atoms with Crippen LogP contribution in [0.5, 0.6) is 0 Å².